The largest absolute Gasteiger partial charge is 0.334 e. The van der Waals surface area contributed by atoms with Crippen molar-refractivity contribution in [2.75, 3.05) is 18.5 Å². The molecule has 0 unspecified atom stereocenters. The van der Waals surface area contributed by atoms with Crippen molar-refractivity contribution in [1.82, 2.24) is 10.2 Å². The van der Waals surface area contributed by atoms with Crippen LogP contribution in [0.25, 0.3) is 0 Å². The second kappa shape index (κ2) is 6.52. The molecule has 2 aromatic rings. The van der Waals surface area contributed by atoms with Gasteiger partial charge < -0.3 is 15.1 Å². The Morgan fingerprint density at radius 1 is 1.04 bits per heavy atom. The summed E-state index contributed by atoms with van der Waals surface area (Å²) in [6.07, 6.45) is 0. The van der Waals surface area contributed by atoms with Gasteiger partial charge in [0.15, 0.2) is 0 Å². The van der Waals surface area contributed by atoms with Crippen molar-refractivity contribution in [2.24, 2.45) is 0 Å². The third-order valence-electron chi connectivity index (χ3n) is 3.99. The van der Waals surface area contributed by atoms with E-state index in [0.717, 1.165) is 16.8 Å². The summed E-state index contributed by atoms with van der Waals surface area (Å²) < 4.78 is 0. The van der Waals surface area contributed by atoms with Gasteiger partial charge in [0.2, 0.25) is 5.91 Å². The molecule has 118 valence electrons. The first kappa shape index (κ1) is 15.1. The summed E-state index contributed by atoms with van der Waals surface area (Å²) >= 11 is 0. The molecule has 5 heteroatoms. The van der Waals surface area contributed by atoms with E-state index in [-0.39, 0.29) is 18.5 Å². The molecule has 0 bridgehead atoms. The highest BCUT2D eigenvalue weighted by molar-refractivity contribution is 5.97. The molecule has 5 nitrogen and oxygen atoms in total. The topological polar surface area (TPSA) is 52.7 Å². The highest BCUT2D eigenvalue weighted by atomic mass is 16.2. The minimum absolute atomic E-state index is 0.0752. The molecule has 0 aliphatic carbocycles. The summed E-state index contributed by atoms with van der Waals surface area (Å²) in [5.41, 5.74) is 2.85. The van der Waals surface area contributed by atoms with Crippen LogP contribution in [0.2, 0.25) is 0 Å². The lowest BCUT2D eigenvalue weighted by molar-refractivity contribution is -0.118. The summed E-state index contributed by atoms with van der Waals surface area (Å²) in [7, 11) is 1.74. The lowest BCUT2D eigenvalue weighted by Gasteiger charge is -2.20. The number of anilines is 1. The van der Waals surface area contributed by atoms with Crippen LogP contribution in [-0.2, 0) is 17.9 Å². The van der Waals surface area contributed by atoms with Gasteiger partial charge in [-0.25, -0.2) is 4.79 Å². The molecular formula is C18H19N3O2. The Kier molecular flexibility index (Phi) is 4.28. The predicted molar refractivity (Wildman–Crippen MR) is 88.9 cm³/mol. The zero-order valence-electron chi connectivity index (χ0n) is 13.0. The molecule has 23 heavy (non-hydrogen) atoms. The fraction of sp³-hybridized carbons (Fsp3) is 0.222. The van der Waals surface area contributed by atoms with Gasteiger partial charge in [-0.15, -0.1) is 0 Å². The number of nitrogens with one attached hydrogen (secondary N) is 1. The first-order chi connectivity index (χ1) is 11.1. The fourth-order valence-electron chi connectivity index (χ4n) is 2.67. The highest BCUT2D eigenvalue weighted by Gasteiger charge is 2.26. The van der Waals surface area contributed by atoms with Crippen LogP contribution in [0.1, 0.15) is 11.1 Å². The monoisotopic (exact) mass is 309 g/mol. The van der Waals surface area contributed by atoms with Crippen LogP contribution in [0.15, 0.2) is 54.6 Å². The maximum absolute atomic E-state index is 12.4. The Morgan fingerprint density at radius 2 is 1.74 bits per heavy atom. The molecule has 3 amide bonds. The van der Waals surface area contributed by atoms with Crippen LogP contribution in [-0.4, -0.2) is 30.4 Å². The van der Waals surface area contributed by atoms with Crippen LogP contribution >= 0.6 is 0 Å². The third kappa shape index (κ3) is 3.34. The SMILES string of the molecule is CN1C(=O)CN(C(=O)NCc2ccccc2)Cc2ccccc21. The number of benzene rings is 2. The van der Waals surface area contributed by atoms with Crippen molar-refractivity contribution < 1.29 is 9.59 Å². The van der Waals surface area contributed by atoms with E-state index in [4.69, 9.17) is 0 Å². The standard InChI is InChI=1S/C18H19N3O2/c1-20-16-10-6-5-9-15(16)12-21(13-17(20)22)18(23)19-11-14-7-3-2-4-8-14/h2-10H,11-13H2,1H3,(H,19,23). The maximum Gasteiger partial charge on any atom is 0.318 e. The first-order valence-electron chi connectivity index (χ1n) is 7.56. The smallest absolute Gasteiger partial charge is 0.318 e. The highest BCUT2D eigenvalue weighted by Crippen LogP contribution is 2.24. The number of rotatable bonds is 2. The Bertz CT molecular complexity index is 715. The Morgan fingerprint density at radius 3 is 2.52 bits per heavy atom. The summed E-state index contributed by atoms with van der Waals surface area (Å²) in [5.74, 6) is -0.0928. The van der Waals surface area contributed by atoms with E-state index in [2.05, 4.69) is 5.32 Å². The van der Waals surface area contributed by atoms with E-state index in [9.17, 15) is 9.59 Å². The number of urea groups is 1. The van der Waals surface area contributed by atoms with E-state index in [1.54, 1.807) is 16.8 Å². The van der Waals surface area contributed by atoms with Crippen LogP contribution in [0.5, 0.6) is 0 Å². The minimum atomic E-state index is -0.229. The molecule has 1 heterocycles. The average molecular weight is 309 g/mol. The molecule has 0 saturated heterocycles. The summed E-state index contributed by atoms with van der Waals surface area (Å²) in [6, 6.07) is 17.1. The second-order valence-corrected chi connectivity index (χ2v) is 5.58. The van der Waals surface area contributed by atoms with Crippen molar-refractivity contribution in [3.05, 3.63) is 65.7 Å². The number of hydrogen-bond donors (Lipinski definition) is 1. The molecule has 0 aromatic heterocycles. The number of carbonyl (C=O) groups excluding carboxylic acids is 2. The van der Waals surface area contributed by atoms with E-state index in [1.165, 1.54) is 0 Å². The fourth-order valence-corrected chi connectivity index (χ4v) is 2.67. The molecule has 1 N–H and O–H groups in total. The molecule has 0 radical (unpaired) electrons. The Hall–Kier alpha value is -2.82. The van der Waals surface area contributed by atoms with Crippen LogP contribution in [0.3, 0.4) is 0 Å². The van der Waals surface area contributed by atoms with Gasteiger partial charge in [-0.3, -0.25) is 4.79 Å². The summed E-state index contributed by atoms with van der Waals surface area (Å²) in [6.45, 7) is 0.945. The molecule has 1 aliphatic rings. The van der Waals surface area contributed by atoms with Crippen LogP contribution < -0.4 is 10.2 Å². The molecule has 2 aromatic carbocycles. The third-order valence-corrected chi connectivity index (χ3v) is 3.99. The van der Waals surface area contributed by atoms with Gasteiger partial charge >= 0.3 is 6.03 Å². The molecule has 0 spiro atoms. The molecule has 3 rings (SSSR count). The van der Waals surface area contributed by atoms with E-state index >= 15 is 0 Å². The van der Waals surface area contributed by atoms with Gasteiger partial charge in [0, 0.05) is 19.3 Å². The number of likely N-dealkylation sites (N-methyl/N-ethyl adjacent to an activating group) is 1. The zero-order chi connectivity index (χ0) is 16.2. The van der Waals surface area contributed by atoms with Crippen molar-refractivity contribution in [1.29, 1.82) is 0 Å². The molecule has 0 saturated carbocycles. The van der Waals surface area contributed by atoms with E-state index < -0.39 is 0 Å². The normalized spacial score (nSPS) is 14.2. The maximum atomic E-state index is 12.4. The molecule has 0 atom stereocenters. The first-order valence-corrected chi connectivity index (χ1v) is 7.56. The summed E-state index contributed by atoms with van der Waals surface area (Å²) in [5, 5.41) is 2.88. The summed E-state index contributed by atoms with van der Waals surface area (Å²) in [4.78, 5) is 27.9. The number of nitrogens with zero attached hydrogens (tertiary/aromatic N) is 2. The van der Waals surface area contributed by atoms with Gasteiger partial charge in [-0.1, -0.05) is 48.5 Å². The van der Waals surface area contributed by atoms with Crippen LogP contribution in [0, 0.1) is 0 Å². The van der Waals surface area contributed by atoms with Crippen molar-refractivity contribution >= 4 is 17.6 Å². The Labute approximate surface area is 135 Å². The number of hydrogen-bond acceptors (Lipinski definition) is 2. The van der Waals surface area contributed by atoms with E-state index in [1.807, 2.05) is 54.6 Å². The number of carbonyl (C=O) groups is 2. The van der Waals surface area contributed by atoms with Gasteiger partial charge in [0.05, 0.1) is 6.54 Å². The van der Waals surface area contributed by atoms with E-state index in [0.29, 0.717) is 13.1 Å². The lowest BCUT2D eigenvalue weighted by Crippen LogP contribution is -2.43. The van der Waals surface area contributed by atoms with Crippen molar-refractivity contribution in [3.8, 4) is 0 Å². The number of fused-ring (bicyclic) bond motifs is 1. The van der Waals surface area contributed by atoms with Crippen molar-refractivity contribution in [3.63, 3.8) is 0 Å². The van der Waals surface area contributed by atoms with Gasteiger partial charge in [0.25, 0.3) is 0 Å². The zero-order valence-corrected chi connectivity index (χ0v) is 13.0. The predicted octanol–water partition coefficient (Wildman–Crippen LogP) is 2.37. The van der Waals surface area contributed by atoms with Gasteiger partial charge in [-0.2, -0.15) is 0 Å². The molecule has 0 fully saturated rings. The second-order valence-electron chi connectivity index (χ2n) is 5.58. The molecule has 1 aliphatic heterocycles. The minimum Gasteiger partial charge on any atom is -0.334 e. The molecular weight excluding hydrogens is 290 g/mol. The Balaban J connectivity index is 1.73. The average Bonchev–Trinajstić information content (AvgIpc) is 2.71. The quantitative estimate of drug-likeness (QED) is 0.926. The van der Waals surface area contributed by atoms with Gasteiger partial charge in [-0.05, 0) is 17.2 Å². The van der Waals surface area contributed by atoms with Gasteiger partial charge in [0.1, 0.15) is 6.54 Å². The number of amides is 3. The lowest BCUT2D eigenvalue weighted by atomic mass is 10.1. The number of para-hydroxylation sites is 1. The van der Waals surface area contributed by atoms with Crippen molar-refractivity contribution in [2.45, 2.75) is 13.1 Å². The van der Waals surface area contributed by atoms with Crippen LogP contribution in [0.4, 0.5) is 10.5 Å².